The van der Waals surface area contributed by atoms with Crippen LogP contribution in [0.2, 0.25) is 0 Å². The number of phosphoric acid groups is 1. The molecule has 11 nitrogen and oxygen atoms in total. The summed E-state index contributed by atoms with van der Waals surface area (Å²) in [5, 5.41) is 19.9. The van der Waals surface area contributed by atoms with Gasteiger partial charge in [-0.3, -0.25) is 18.6 Å². The predicted octanol–water partition coefficient (Wildman–Crippen LogP) is 9.40. The zero-order chi connectivity index (χ0) is 41.8. The molecule has 4 atom stereocenters. The Morgan fingerprint density at radius 3 is 1.79 bits per heavy atom. The minimum absolute atomic E-state index is 0.000165. The predicted molar refractivity (Wildman–Crippen MR) is 227 cm³/mol. The van der Waals surface area contributed by atoms with Gasteiger partial charge < -0.3 is 29.1 Å². The quantitative estimate of drug-likeness (QED) is 0.0140. The molecule has 0 aliphatic rings. The summed E-state index contributed by atoms with van der Waals surface area (Å²) in [6.07, 6.45) is 36.0. The minimum Gasteiger partial charge on any atom is -0.462 e. The Bertz CT molecular complexity index is 1220. The van der Waals surface area contributed by atoms with E-state index in [1.165, 1.54) is 44.9 Å². The van der Waals surface area contributed by atoms with Crippen molar-refractivity contribution in [3.8, 4) is 0 Å². The number of likely N-dealkylation sites (N-methyl/N-ethyl adjacent to an activating group) is 1. The highest BCUT2D eigenvalue weighted by Gasteiger charge is 2.27. The van der Waals surface area contributed by atoms with E-state index >= 15 is 0 Å². The lowest BCUT2D eigenvalue weighted by molar-refractivity contribution is -0.870. The number of hydrogen-bond donors (Lipinski definition) is 3. The summed E-state index contributed by atoms with van der Waals surface area (Å²) in [4.78, 5) is 35.2. The summed E-state index contributed by atoms with van der Waals surface area (Å²) in [6, 6.07) is 0. The number of hydrogen-bond acceptors (Lipinski definition) is 9. The lowest BCUT2D eigenvalue weighted by atomic mass is 10.1. The van der Waals surface area contributed by atoms with Crippen LogP contribution in [0.15, 0.2) is 72.9 Å². The second-order valence-corrected chi connectivity index (χ2v) is 16.5. The van der Waals surface area contributed by atoms with E-state index in [0.717, 1.165) is 25.7 Å². The topological polar surface area (TPSA) is 149 Å². The first kappa shape index (κ1) is 53.4. The van der Waals surface area contributed by atoms with Gasteiger partial charge in [-0.05, 0) is 38.5 Å². The number of aliphatic hydroxyl groups is 2. The van der Waals surface area contributed by atoms with Crippen LogP contribution in [0.1, 0.15) is 129 Å². The third-order valence-corrected chi connectivity index (χ3v) is 9.42. The molecule has 3 N–H and O–H groups in total. The first-order chi connectivity index (χ1) is 26.8. The highest BCUT2D eigenvalue weighted by molar-refractivity contribution is 7.47. The average molecular weight is 811 g/mol. The zero-order valence-electron chi connectivity index (χ0n) is 35.3. The average Bonchev–Trinajstić information content (AvgIpc) is 3.13. The highest BCUT2D eigenvalue weighted by atomic mass is 31.2. The number of nitrogens with zero attached hydrogens (tertiary/aromatic N) is 1. The number of esters is 2. The monoisotopic (exact) mass is 811 g/mol. The Morgan fingerprint density at radius 2 is 1.21 bits per heavy atom. The highest BCUT2D eigenvalue weighted by Crippen LogP contribution is 2.43. The molecule has 0 aliphatic heterocycles. The maximum absolute atomic E-state index is 12.6. The van der Waals surface area contributed by atoms with E-state index in [9.17, 15) is 29.3 Å². The molecule has 0 amide bonds. The standard InChI is InChI=1S/C44H76NO10P/c1-6-8-10-11-12-13-14-15-16-21-29-35-44(49)55-42(39-54-56(50,51)53-37-36-45(3,4)5)38-52-43(48)34-28-20-18-17-19-25-31-41(47)33-27-23-22-26-32-40(46)30-24-9-7-2/h9,18-20,22-27,32-33,40-42,46-47H,6-8,10-17,21,28-31,34-39H2,1-5H3/p+1/b20-18-,23-22-,24-9-,25-19-,32-26+,33-27+/t40-,41+,42-/m1/s1. The number of carbonyl (C=O) groups is 2. The van der Waals surface area contributed by atoms with Crippen molar-refractivity contribution >= 4 is 19.8 Å². The van der Waals surface area contributed by atoms with Crippen molar-refractivity contribution in [3.05, 3.63) is 72.9 Å². The van der Waals surface area contributed by atoms with Gasteiger partial charge in [0, 0.05) is 12.8 Å². The van der Waals surface area contributed by atoms with Crippen molar-refractivity contribution < 1.29 is 52.3 Å². The fraction of sp³-hybridized carbons (Fsp3) is 0.682. The first-order valence-electron chi connectivity index (χ1n) is 20.9. The number of quaternary nitrogens is 1. The Labute approximate surface area is 339 Å². The Kier molecular flexibility index (Phi) is 33.9. The summed E-state index contributed by atoms with van der Waals surface area (Å²) in [7, 11) is 1.37. The van der Waals surface area contributed by atoms with Gasteiger partial charge in [0.2, 0.25) is 0 Å². The second-order valence-electron chi connectivity index (χ2n) is 15.0. The van der Waals surface area contributed by atoms with Crippen LogP contribution in [-0.2, 0) is 32.7 Å². The minimum atomic E-state index is -4.41. The molecule has 0 aromatic heterocycles. The Balaban J connectivity index is 4.62. The lowest BCUT2D eigenvalue weighted by Crippen LogP contribution is -2.37. The number of carbonyl (C=O) groups excluding carboxylic acids is 2. The first-order valence-corrected chi connectivity index (χ1v) is 22.4. The molecule has 0 spiro atoms. The summed E-state index contributed by atoms with van der Waals surface area (Å²) in [5.41, 5.74) is 0. The smallest absolute Gasteiger partial charge is 0.462 e. The third kappa shape index (κ3) is 38.3. The van der Waals surface area contributed by atoms with Crippen molar-refractivity contribution in [1.82, 2.24) is 0 Å². The van der Waals surface area contributed by atoms with Crippen LogP contribution in [0.25, 0.3) is 0 Å². The fourth-order valence-electron chi connectivity index (χ4n) is 5.10. The van der Waals surface area contributed by atoms with E-state index in [-0.39, 0.29) is 26.1 Å². The van der Waals surface area contributed by atoms with Gasteiger partial charge in [0.25, 0.3) is 0 Å². The molecule has 56 heavy (non-hydrogen) atoms. The van der Waals surface area contributed by atoms with Crippen molar-refractivity contribution in [2.75, 3.05) is 47.5 Å². The molecular formula is C44H77NO10P+. The molecule has 0 aromatic rings. The SMILES string of the molecule is CC/C=C\C[C@@H](O)/C=C/C=C\C=C\[C@@H](O)C/C=C\C/C=C\CCC(=O)OC[C@H](COP(=O)(O)OCC[N+](C)(C)C)OC(=O)CCCCCCCCCCCCC. The van der Waals surface area contributed by atoms with Crippen LogP contribution in [-0.4, -0.2) is 97.3 Å². The van der Waals surface area contributed by atoms with Crippen molar-refractivity contribution in [3.63, 3.8) is 0 Å². The number of rotatable bonds is 36. The summed E-state index contributed by atoms with van der Waals surface area (Å²) < 4.78 is 34.0. The Morgan fingerprint density at radius 1 is 0.661 bits per heavy atom. The molecule has 0 aromatic carbocycles. The summed E-state index contributed by atoms with van der Waals surface area (Å²) in [5.74, 6) is -0.973. The van der Waals surface area contributed by atoms with Crippen molar-refractivity contribution in [2.45, 2.75) is 148 Å². The van der Waals surface area contributed by atoms with Crippen LogP contribution in [0.3, 0.4) is 0 Å². The molecule has 322 valence electrons. The van der Waals surface area contributed by atoms with Crippen LogP contribution < -0.4 is 0 Å². The van der Waals surface area contributed by atoms with Crippen molar-refractivity contribution in [2.24, 2.45) is 0 Å². The van der Waals surface area contributed by atoms with Crippen LogP contribution in [0, 0.1) is 0 Å². The van der Waals surface area contributed by atoms with Gasteiger partial charge in [-0.2, -0.15) is 0 Å². The van der Waals surface area contributed by atoms with E-state index < -0.39 is 44.7 Å². The maximum atomic E-state index is 12.6. The number of phosphoric ester groups is 1. The Hall–Kier alpha value is -2.63. The molecule has 0 radical (unpaired) electrons. The van der Waals surface area contributed by atoms with Gasteiger partial charge in [0.15, 0.2) is 6.10 Å². The number of allylic oxidation sites excluding steroid dienone is 8. The number of ether oxygens (including phenoxy) is 2. The number of unbranched alkanes of at least 4 members (excludes halogenated alkanes) is 10. The molecule has 0 saturated carbocycles. The van der Waals surface area contributed by atoms with Crippen LogP contribution in [0.5, 0.6) is 0 Å². The molecule has 12 heteroatoms. The molecule has 0 saturated heterocycles. The number of aliphatic hydroxyl groups excluding tert-OH is 2. The maximum Gasteiger partial charge on any atom is 0.472 e. The van der Waals surface area contributed by atoms with E-state index in [1.54, 1.807) is 36.5 Å². The molecule has 1 unspecified atom stereocenters. The van der Waals surface area contributed by atoms with Crippen LogP contribution in [0.4, 0.5) is 0 Å². The molecule has 0 bridgehead atoms. The van der Waals surface area contributed by atoms with Gasteiger partial charge >= 0.3 is 19.8 Å². The zero-order valence-corrected chi connectivity index (χ0v) is 36.2. The summed E-state index contributed by atoms with van der Waals surface area (Å²) >= 11 is 0. The third-order valence-electron chi connectivity index (χ3n) is 8.43. The van der Waals surface area contributed by atoms with E-state index in [1.807, 2.05) is 64.5 Å². The largest absolute Gasteiger partial charge is 0.472 e. The molecule has 0 heterocycles. The normalized spacial score (nSPS) is 15.5. The van der Waals surface area contributed by atoms with E-state index in [0.29, 0.717) is 43.1 Å². The van der Waals surface area contributed by atoms with E-state index in [2.05, 4.69) is 6.92 Å². The lowest BCUT2D eigenvalue weighted by Gasteiger charge is -2.24. The van der Waals surface area contributed by atoms with E-state index in [4.69, 9.17) is 18.5 Å². The van der Waals surface area contributed by atoms with Crippen molar-refractivity contribution in [1.29, 1.82) is 0 Å². The van der Waals surface area contributed by atoms with Gasteiger partial charge in [-0.15, -0.1) is 0 Å². The molecule has 0 rings (SSSR count). The second kappa shape index (κ2) is 35.5. The molecular weight excluding hydrogens is 733 g/mol. The summed E-state index contributed by atoms with van der Waals surface area (Å²) in [6.45, 7) is 3.99. The van der Waals surface area contributed by atoms with Gasteiger partial charge in [-0.1, -0.05) is 151 Å². The fourth-order valence-corrected chi connectivity index (χ4v) is 5.84. The van der Waals surface area contributed by atoms with Gasteiger partial charge in [-0.25, -0.2) is 4.57 Å². The van der Waals surface area contributed by atoms with Gasteiger partial charge in [0.05, 0.1) is 40.0 Å². The molecule has 0 aliphatic carbocycles. The van der Waals surface area contributed by atoms with Gasteiger partial charge in [0.1, 0.15) is 19.8 Å². The van der Waals surface area contributed by atoms with Crippen LogP contribution >= 0.6 is 7.82 Å². The molecule has 0 fully saturated rings.